The van der Waals surface area contributed by atoms with Gasteiger partial charge in [0, 0.05) is 27.4 Å². The second-order valence-electron chi connectivity index (χ2n) is 3.45. The lowest BCUT2D eigenvalue weighted by atomic mass is 10.0. The van der Waals surface area contributed by atoms with Gasteiger partial charge in [-0.1, -0.05) is 34.8 Å². The first-order chi connectivity index (χ1) is 8.11. The summed E-state index contributed by atoms with van der Waals surface area (Å²) >= 11 is 17.8. The minimum atomic E-state index is -0.138. The number of aromatic nitrogens is 1. The molecule has 0 aliphatic rings. The van der Waals surface area contributed by atoms with Gasteiger partial charge in [0.1, 0.15) is 5.15 Å². The van der Waals surface area contributed by atoms with Gasteiger partial charge < -0.3 is 5.11 Å². The van der Waals surface area contributed by atoms with Crippen molar-refractivity contribution in [2.75, 3.05) is 0 Å². The summed E-state index contributed by atoms with van der Waals surface area (Å²) in [6, 6.07) is 6.74. The standard InChI is InChI=1S/C12H8Cl3NO/c13-8-1-2-11(14)9(4-8)10-5-16-12(15)3-7(10)6-17/h1-5,17H,6H2. The molecule has 1 aromatic heterocycles. The van der Waals surface area contributed by atoms with Crippen LogP contribution in [0, 0.1) is 0 Å². The van der Waals surface area contributed by atoms with Crippen molar-refractivity contribution in [1.82, 2.24) is 4.98 Å². The Labute approximate surface area is 114 Å². The lowest BCUT2D eigenvalue weighted by Crippen LogP contribution is -1.92. The van der Waals surface area contributed by atoms with Gasteiger partial charge in [-0.2, -0.15) is 0 Å². The summed E-state index contributed by atoms with van der Waals surface area (Å²) in [5.41, 5.74) is 2.12. The van der Waals surface area contributed by atoms with E-state index in [0.717, 1.165) is 11.1 Å². The van der Waals surface area contributed by atoms with Crippen LogP contribution in [0.1, 0.15) is 5.56 Å². The third-order valence-corrected chi connectivity index (χ3v) is 3.12. The van der Waals surface area contributed by atoms with Gasteiger partial charge in [0.25, 0.3) is 0 Å². The zero-order valence-corrected chi connectivity index (χ0v) is 10.9. The van der Waals surface area contributed by atoms with Crippen LogP contribution in [0.15, 0.2) is 30.5 Å². The number of rotatable bonds is 2. The maximum Gasteiger partial charge on any atom is 0.129 e. The van der Waals surface area contributed by atoms with Crippen molar-refractivity contribution in [3.8, 4) is 11.1 Å². The molecule has 0 atom stereocenters. The first-order valence-electron chi connectivity index (χ1n) is 4.82. The van der Waals surface area contributed by atoms with Crippen LogP contribution in [-0.4, -0.2) is 10.1 Å². The maximum absolute atomic E-state index is 9.30. The molecule has 0 radical (unpaired) electrons. The molecule has 0 unspecified atom stereocenters. The fourth-order valence-electron chi connectivity index (χ4n) is 1.55. The van der Waals surface area contributed by atoms with E-state index in [1.165, 1.54) is 0 Å². The highest BCUT2D eigenvalue weighted by molar-refractivity contribution is 6.35. The summed E-state index contributed by atoms with van der Waals surface area (Å²) in [6.45, 7) is -0.138. The smallest absolute Gasteiger partial charge is 0.129 e. The fraction of sp³-hybridized carbons (Fsp3) is 0.0833. The molecule has 0 fully saturated rings. The van der Waals surface area contributed by atoms with Crippen molar-refractivity contribution >= 4 is 34.8 Å². The van der Waals surface area contributed by atoms with E-state index in [-0.39, 0.29) is 6.61 Å². The van der Waals surface area contributed by atoms with Gasteiger partial charge in [-0.05, 0) is 29.8 Å². The van der Waals surface area contributed by atoms with Crippen molar-refractivity contribution in [3.63, 3.8) is 0 Å². The Hall–Kier alpha value is -0.800. The van der Waals surface area contributed by atoms with Gasteiger partial charge in [0.05, 0.1) is 6.61 Å². The Morgan fingerprint density at radius 2 is 1.82 bits per heavy atom. The lowest BCUT2D eigenvalue weighted by Gasteiger charge is -2.09. The molecule has 2 nitrogen and oxygen atoms in total. The summed E-state index contributed by atoms with van der Waals surface area (Å²) in [5.74, 6) is 0. The summed E-state index contributed by atoms with van der Waals surface area (Å²) in [5, 5.41) is 10.8. The zero-order valence-electron chi connectivity index (χ0n) is 8.62. The number of aliphatic hydroxyl groups excluding tert-OH is 1. The highest BCUT2D eigenvalue weighted by atomic mass is 35.5. The van der Waals surface area contributed by atoms with Crippen LogP contribution >= 0.6 is 34.8 Å². The number of pyridine rings is 1. The van der Waals surface area contributed by atoms with Crippen LogP contribution in [0.3, 0.4) is 0 Å². The van der Waals surface area contributed by atoms with Crippen LogP contribution < -0.4 is 0 Å². The first kappa shape index (κ1) is 12.7. The minimum absolute atomic E-state index is 0.138. The van der Waals surface area contributed by atoms with Gasteiger partial charge in [-0.25, -0.2) is 4.98 Å². The monoisotopic (exact) mass is 287 g/mol. The summed E-state index contributed by atoms with van der Waals surface area (Å²) < 4.78 is 0. The first-order valence-corrected chi connectivity index (χ1v) is 5.96. The van der Waals surface area contributed by atoms with E-state index in [1.54, 1.807) is 30.5 Å². The van der Waals surface area contributed by atoms with Crippen LogP contribution in [0.5, 0.6) is 0 Å². The highest BCUT2D eigenvalue weighted by Gasteiger charge is 2.10. The van der Waals surface area contributed by atoms with Gasteiger partial charge in [0.2, 0.25) is 0 Å². The normalized spacial score (nSPS) is 10.6. The van der Waals surface area contributed by atoms with Crippen LogP contribution in [0.2, 0.25) is 15.2 Å². The summed E-state index contributed by atoms with van der Waals surface area (Å²) in [7, 11) is 0. The number of nitrogens with zero attached hydrogens (tertiary/aromatic N) is 1. The van der Waals surface area contributed by atoms with E-state index >= 15 is 0 Å². The maximum atomic E-state index is 9.30. The third-order valence-electron chi connectivity index (χ3n) is 2.35. The van der Waals surface area contributed by atoms with Crippen molar-refractivity contribution in [3.05, 3.63) is 51.2 Å². The van der Waals surface area contributed by atoms with Gasteiger partial charge in [-0.15, -0.1) is 0 Å². The molecule has 88 valence electrons. The van der Waals surface area contributed by atoms with Crippen LogP contribution in [0.25, 0.3) is 11.1 Å². The quantitative estimate of drug-likeness (QED) is 0.840. The zero-order chi connectivity index (χ0) is 12.4. The van der Waals surface area contributed by atoms with Gasteiger partial charge in [-0.3, -0.25) is 0 Å². The molecular formula is C12H8Cl3NO. The molecule has 5 heteroatoms. The Morgan fingerprint density at radius 1 is 1.06 bits per heavy atom. The van der Waals surface area contributed by atoms with Crippen molar-refractivity contribution in [2.24, 2.45) is 0 Å². The predicted octanol–water partition coefficient (Wildman–Crippen LogP) is 4.20. The topological polar surface area (TPSA) is 33.1 Å². The molecule has 0 saturated heterocycles. The van der Waals surface area contributed by atoms with E-state index in [9.17, 15) is 5.11 Å². The molecule has 0 saturated carbocycles. The molecule has 0 bridgehead atoms. The largest absolute Gasteiger partial charge is 0.392 e. The molecule has 2 aromatic rings. The molecule has 0 aliphatic carbocycles. The SMILES string of the molecule is OCc1cc(Cl)ncc1-c1cc(Cl)ccc1Cl. The van der Waals surface area contributed by atoms with E-state index in [0.29, 0.717) is 20.8 Å². The van der Waals surface area contributed by atoms with Crippen molar-refractivity contribution < 1.29 is 5.11 Å². The number of benzene rings is 1. The highest BCUT2D eigenvalue weighted by Crippen LogP contribution is 2.33. The molecule has 1 heterocycles. The number of halogens is 3. The Morgan fingerprint density at radius 3 is 2.53 bits per heavy atom. The second-order valence-corrected chi connectivity index (χ2v) is 4.68. The van der Waals surface area contributed by atoms with Crippen molar-refractivity contribution in [2.45, 2.75) is 6.61 Å². The number of aliphatic hydroxyl groups is 1. The molecule has 1 aromatic carbocycles. The van der Waals surface area contributed by atoms with Gasteiger partial charge >= 0.3 is 0 Å². The molecular weight excluding hydrogens is 280 g/mol. The van der Waals surface area contributed by atoms with E-state index in [4.69, 9.17) is 34.8 Å². The average molecular weight is 289 g/mol. The van der Waals surface area contributed by atoms with Crippen LogP contribution in [0.4, 0.5) is 0 Å². The molecule has 17 heavy (non-hydrogen) atoms. The molecule has 0 spiro atoms. The van der Waals surface area contributed by atoms with Crippen LogP contribution in [-0.2, 0) is 6.61 Å². The molecule has 0 amide bonds. The van der Waals surface area contributed by atoms with Gasteiger partial charge in [0.15, 0.2) is 0 Å². The Kier molecular flexibility index (Phi) is 3.89. The fourth-order valence-corrected chi connectivity index (χ4v) is 2.12. The second kappa shape index (κ2) is 5.23. The van der Waals surface area contributed by atoms with Crippen molar-refractivity contribution in [1.29, 1.82) is 0 Å². The third kappa shape index (κ3) is 2.72. The number of hydrogen-bond donors (Lipinski definition) is 1. The lowest BCUT2D eigenvalue weighted by molar-refractivity contribution is 0.282. The Bertz CT molecular complexity index is 557. The van der Waals surface area contributed by atoms with E-state index < -0.39 is 0 Å². The van der Waals surface area contributed by atoms with E-state index in [1.807, 2.05) is 0 Å². The Balaban J connectivity index is 2.63. The average Bonchev–Trinajstić information content (AvgIpc) is 2.32. The number of hydrogen-bond acceptors (Lipinski definition) is 2. The predicted molar refractivity (Wildman–Crippen MR) is 70.6 cm³/mol. The summed E-state index contributed by atoms with van der Waals surface area (Å²) in [4.78, 5) is 3.99. The molecule has 0 aliphatic heterocycles. The molecule has 1 N–H and O–H groups in total. The van der Waals surface area contributed by atoms with E-state index in [2.05, 4.69) is 4.98 Å². The minimum Gasteiger partial charge on any atom is -0.392 e. The summed E-state index contributed by atoms with van der Waals surface area (Å²) in [6.07, 6.45) is 1.57. The molecule has 2 rings (SSSR count).